The second kappa shape index (κ2) is 8.82. The third-order valence-electron chi connectivity index (χ3n) is 7.99. The van der Waals surface area contributed by atoms with E-state index in [-0.39, 0.29) is 60.4 Å². The number of imide groups is 1. The number of carbonyl (C=O) groups is 3. The molecule has 0 spiro atoms. The molecule has 0 aromatic carbocycles. The number of hydrogen-bond acceptors (Lipinski definition) is 7. The minimum absolute atomic E-state index is 0.0803. The highest BCUT2D eigenvalue weighted by Crippen LogP contribution is 2.63. The van der Waals surface area contributed by atoms with Gasteiger partial charge < -0.3 is 9.64 Å². The fourth-order valence-corrected chi connectivity index (χ4v) is 6.86. The van der Waals surface area contributed by atoms with Gasteiger partial charge in [-0.3, -0.25) is 24.3 Å². The molecule has 204 valence electrons. The second-order valence-corrected chi connectivity index (χ2v) is 12.0. The van der Waals surface area contributed by atoms with Gasteiger partial charge in [-0.05, 0) is 36.1 Å². The lowest BCUT2D eigenvalue weighted by Gasteiger charge is -2.28. The van der Waals surface area contributed by atoms with Crippen molar-refractivity contribution in [3.8, 4) is 11.3 Å². The molecule has 3 aromatic heterocycles. The van der Waals surface area contributed by atoms with Crippen LogP contribution in [0.2, 0.25) is 0 Å². The standard InChI is InChI=1S/C27H25F3N4O4S/c1-13-8-18(27(28,29)30)32-22(16(13)11-33-6-7-38-12-19(33)35)15-4-5-31-17-9-14(39-23(15)17)10-34-24(36)20-21(25(34)37)26(20,2)3/h4-5,8-9,20-21H,6-7,10-12H2,1-3H3. The first-order chi connectivity index (χ1) is 18.4. The topological polar surface area (TPSA) is 92.7 Å². The number of piperidine rings is 1. The molecule has 0 radical (unpaired) electrons. The van der Waals surface area contributed by atoms with Gasteiger partial charge >= 0.3 is 6.18 Å². The number of ether oxygens (including phenoxy) is 1. The van der Waals surface area contributed by atoms with E-state index in [2.05, 4.69) is 9.97 Å². The molecule has 2 atom stereocenters. The molecule has 3 fully saturated rings. The molecule has 8 nitrogen and oxygen atoms in total. The van der Waals surface area contributed by atoms with Crippen LogP contribution in [0.5, 0.6) is 0 Å². The third kappa shape index (κ3) is 4.20. The van der Waals surface area contributed by atoms with E-state index < -0.39 is 11.9 Å². The normalized spacial score (nSPS) is 22.7. The molecular formula is C27H25F3N4O4S. The first-order valence-electron chi connectivity index (χ1n) is 12.5. The lowest BCUT2D eigenvalue weighted by atomic mass is 10.00. The Balaban J connectivity index is 1.41. The van der Waals surface area contributed by atoms with E-state index in [0.29, 0.717) is 44.9 Å². The molecule has 2 aliphatic heterocycles. The summed E-state index contributed by atoms with van der Waals surface area (Å²) in [7, 11) is 0. The highest BCUT2D eigenvalue weighted by molar-refractivity contribution is 7.19. The van der Waals surface area contributed by atoms with Crippen molar-refractivity contribution in [2.75, 3.05) is 19.8 Å². The van der Waals surface area contributed by atoms with Crippen molar-refractivity contribution in [1.82, 2.24) is 19.8 Å². The summed E-state index contributed by atoms with van der Waals surface area (Å²) < 4.78 is 47.2. The average molecular weight is 559 g/mol. The van der Waals surface area contributed by atoms with Gasteiger partial charge in [-0.15, -0.1) is 11.3 Å². The summed E-state index contributed by atoms with van der Waals surface area (Å²) in [6, 6.07) is 4.36. The summed E-state index contributed by atoms with van der Waals surface area (Å²) in [6.45, 7) is 6.17. The van der Waals surface area contributed by atoms with E-state index in [1.165, 1.54) is 22.4 Å². The highest BCUT2D eigenvalue weighted by atomic mass is 32.1. The smallest absolute Gasteiger partial charge is 0.370 e. The van der Waals surface area contributed by atoms with Gasteiger partial charge in [-0.25, -0.2) is 4.98 Å². The van der Waals surface area contributed by atoms with Crippen molar-refractivity contribution in [3.63, 3.8) is 0 Å². The van der Waals surface area contributed by atoms with Gasteiger partial charge in [-0.1, -0.05) is 13.8 Å². The summed E-state index contributed by atoms with van der Waals surface area (Å²) in [5, 5.41) is 0. The van der Waals surface area contributed by atoms with E-state index >= 15 is 0 Å². The molecule has 2 unspecified atom stereocenters. The van der Waals surface area contributed by atoms with Crippen LogP contribution in [0, 0.1) is 24.2 Å². The van der Waals surface area contributed by atoms with Crippen LogP contribution in [-0.2, 0) is 38.4 Å². The maximum Gasteiger partial charge on any atom is 0.433 e. The van der Waals surface area contributed by atoms with Gasteiger partial charge in [0.25, 0.3) is 0 Å². The first-order valence-corrected chi connectivity index (χ1v) is 13.4. The number of fused-ring (bicyclic) bond motifs is 2. The number of aryl methyl sites for hydroxylation is 1. The molecular weight excluding hydrogens is 533 g/mol. The van der Waals surface area contributed by atoms with Gasteiger partial charge in [0, 0.05) is 35.3 Å². The SMILES string of the molecule is Cc1cc(C(F)(F)F)nc(-c2ccnc3cc(CN4C(=O)C5C(C4=O)C5(C)C)sc23)c1CN1CCOCC1=O. The summed E-state index contributed by atoms with van der Waals surface area (Å²) in [6.07, 6.45) is -3.16. The largest absolute Gasteiger partial charge is 0.433 e. The van der Waals surface area contributed by atoms with E-state index in [1.807, 2.05) is 13.8 Å². The third-order valence-corrected chi connectivity index (χ3v) is 9.14. The van der Waals surface area contributed by atoms with Crippen LogP contribution < -0.4 is 0 Å². The van der Waals surface area contributed by atoms with E-state index in [4.69, 9.17) is 4.74 Å². The van der Waals surface area contributed by atoms with E-state index in [0.717, 1.165) is 6.07 Å². The molecule has 6 rings (SSSR count). The molecule has 3 aromatic rings. The minimum Gasteiger partial charge on any atom is -0.370 e. The Morgan fingerprint density at radius 2 is 1.85 bits per heavy atom. The van der Waals surface area contributed by atoms with Crippen LogP contribution in [0.4, 0.5) is 13.2 Å². The zero-order valence-electron chi connectivity index (χ0n) is 21.5. The van der Waals surface area contributed by atoms with Crippen molar-refractivity contribution in [2.45, 2.75) is 40.0 Å². The number of morpholine rings is 1. The molecule has 3 amide bonds. The predicted molar refractivity (Wildman–Crippen MR) is 135 cm³/mol. The number of likely N-dealkylation sites (tertiary alicyclic amines) is 1. The monoisotopic (exact) mass is 558 g/mol. The number of amides is 3. The van der Waals surface area contributed by atoms with E-state index in [9.17, 15) is 27.6 Å². The van der Waals surface area contributed by atoms with Crippen molar-refractivity contribution in [1.29, 1.82) is 0 Å². The number of thiophene rings is 1. The number of rotatable bonds is 5. The van der Waals surface area contributed by atoms with Crippen LogP contribution in [0.3, 0.4) is 0 Å². The van der Waals surface area contributed by atoms with Crippen molar-refractivity contribution < 1.29 is 32.3 Å². The maximum absolute atomic E-state index is 13.8. The molecule has 5 heterocycles. The highest BCUT2D eigenvalue weighted by Gasteiger charge is 2.72. The van der Waals surface area contributed by atoms with Gasteiger partial charge in [0.1, 0.15) is 12.3 Å². The lowest BCUT2D eigenvalue weighted by molar-refractivity contribution is -0.144. The van der Waals surface area contributed by atoms with Crippen LogP contribution in [0.25, 0.3) is 21.5 Å². The number of aromatic nitrogens is 2. The first kappa shape index (κ1) is 25.9. The Hall–Kier alpha value is -3.38. The Kier molecular flexibility index (Phi) is 5.85. The quantitative estimate of drug-likeness (QED) is 0.437. The van der Waals surface area contributed by atoms with Gasteiger partial charge in [-0.2, -0.15) is 13.2 Å². The van der Waals surface area contributed by atoms with Gasteiger partial charge in [0.2, 0.25) is 17.7 Å². The Morgan fingerprint density at radius 3 is 2.51 bits per heavy atom. The molecule has 0 N–H and O–H groups in total. The zero-order valence-corrected chi connectivity index (χ0v) is 22.3. The number of halogens is 3. The number of hydrogen-bond donors (Lipinski definition) is 0. The Morgan fingerprint density at radius 1 is 1.13 bits per heavy atom. The molecule has 12 heteroatoms. The molecule has 39 heavy (non-hydrogen) atoms. The molecule has 3 aliphatic rings. The van der Waals surface area contributed by atoms with Gasteiger partial charge in [0.15, 0.2) is 0 Å². The van der Waals surface area contributed by atoms with Crippen LogP contribution in [0.15, 0.2) is 24.4 Å². The molecule has 0 bridgehead atoms. The van der Waals surface area contributed by atoms with Crippen LogP contribution >= 0.6 is 11.3 Å². The van der Waals surface area contributed by atoms with Crippen molar-refractivity contribution in [2.24, 2.45) is 17.3 Å². The summed E-state index contributed by atoms with van der Waals surface area (Å²) in [4.78, 5) is 50.1. The second-order valence-electron chi connectivity index (χ2n) is 10.8. The number of pyridine rings is 2. The predicted octanol–water partition coefficient (Wildman–Crippen LogP) is 4.19. The lowest BCUT2D eigenvalue weighted by Crippen LogP contribution is -2.41. The Labute approximate surface area is 225 Å². The van der Waals surface area contributed by atoms with Crippen molar-refractivity contribution >= 4 is 39.3 Å². The van der Waals surface area contributed by atoms with Crippen LogP contribution in [-0.4, -0.2) is 57.2 Å². The molecule has 1 saturated carbocycles. The van der Waals surface area contributed by atoms with Gasteiger partial charge in [0.05, 0.1) is 40.9 Å². The fraction of sp³-hybridized carbons (Fsp3) is 0.444. The van der Waals surface area contributed by atoms with E-state index in [1.54, 1.807) is 24.0 Å². The summed E-state index contributed by atoms with van der Waals surface area (Å²) >= 11 is 1.27. The fourth-order valence-electron chi connectivity index (χ4n) is 5.74. The molecule has 1 aliphatic carbocycles. The Bertz CT molecular complexity index is 1530. The summed E-state index contributed by atoms with van der Waals surface area (Å²) in [5.74, 6) is -1.21. The van der Waals surface area contributed by atoms with Crippen molar-refractivity contribution in [3.05, 3.63) is 46.1 Å². The maximum atomic E-state index is 13.8. The number of alkyl halides is 3. The molecule has 2 saturated heterocycles. The average Bonchev–Trinajstić information content (AvgIpc) is 3.10. The summed E-state index contributed by atoms with van der Waals surface area (Å²) in [5.41, 5.74) is 0.635. The zero-order chi connectivity index (χ0) is 27.9. The van der Waals surface area contributed by atoms with Crippen LogP contribution in [0.1, 0.15) is 35.5 Å². The number of nitrogens with zero attached hydrogens (tertiary/aromatic N) is 4. The number of carbonyl (C=O) groups excluding carboxylic acids is 3. The minimum atomic E-state index is -4.66.